The van der Waals surface area contributed by atoms with E-state index in [1.807, 2.05) is 12.1 Å². The summed E-state index contributed by atoms with van der Waals surface area (Å²) in [5.41, 5.74) is 5.34. The van der Waals surface area contributed by atoms with E-state index in [1.54, 1.807) is 14.2 Å². The second-order valence-corrected chi connectivity index (χ2v) is 9.72. The maximum Gasteiger partial charge on any atom is 0.161 e. The first-order chi connectivity index (χ1) is 13.6. The minimum Gasteiger partial charge on any atom is -0.493 e. The molecule has 0 saturated heterocycles. The molecule has 1 spiro atoms. The number of hydrogen-bond acceptors (Lipinski definition) is 4. The molecule has 2 aliphatic rings. The molecular weight excluding hydrogens is 364 g/mol. The zero-order chi connectivity index (χ0) is 21.2. The molecular formula is C25H28O4. The van der Waals surface area contributed by atoms with Crippen LogP contribution in [0.1, 0.15) is 83.5 Å². The number of benzene rings is 2. The predicted octanol–water partition coefficient (Wildman–Crippen LogP) is 4.98. The van der Waals surface area contributed by atoms with Crippen LogP contribution in [0.2, 0.25) is 0 Å². The second-order valence-electron chi connectivity index (χ2n) is 9.72. The van der Waals surface area contributed by atoms with Gasteiger partial charge in [-0.1, -0.05) is 27.7 Å². The Bertz CT molecular complexity index is 1030. The van der Waals surface area contributed by atoms with Crippen molar-refractivity contribution in [3.63, 3.8) is 0 Å². The Balaban J connectivity index is 2.06. The van der Waals surface area contributed by atoms with Crippen molar-refractivity contribution in [1.82, 2.24) is 0 Å². The monoisotopic (exact) mass is 392 g/mol. The van der Waals surface area contributed by atoms with Gasteiger partial charge in [0.05, 0.1) is 14.2 Å². The fraction of sp³-hybridized carbons (Fsp3) is 0.440. The molecule has 4 heteroatoms. The van der Waals surface area contributed by atoms with Crippen molar-refractivity contribution in [2.24, 2.45) is 0 Å². The summed E-state index contributed by atoms with van der Waals surface area (Å²) < 4.78 is 11.2. The van der Waals surface area contributed by atoms with E-state index in [1.165, 1.54) is 11.1 Å². The number of ether oxygens (including phenoxy) is 2. The van der Waals surface area contributed by atoms with Gasteiger partial charge in [0.2, 0.25) is 0 Å². The number of fused-ring (bicyclic) bond motifs is 4. The number of hydrogen-bond donors (Lipinski definition) is 0. The highest BCUT2D eigenvalue weighted by Gasteiger charge is 2.56. The summed E-state index contributed by atoms with van der Waals surface area (Å²) in [6, 6.07) is 8.09. The first kappa shape index (κ1) is 19.7. The summed E-state index contributed by atoms with van der Waals surface area (Å²) in [7, 11) is 3.32. The molecule has 29 heavy (non-hydrogen) atoms. The third-order valence-corrected chi connectivity index (χ3v) is 6.98. The summed E-state index contributed by atoms with van der Waals surface area (Å²) in [4.78, 5) is 23.3. The van der Waals surface area contributed by atoms with Crippen molar-refractivity contribution >= 4 is 12.6 Å². The van der Waals surface area contributed by atoms with Crippen LogP contribution in [-0.2, 0) is 16.2 Å². The molecule has 2 aromatic rings. The zero-order valence-corrected chi connectivity index (χ0v) is 18.0. The van der Waals surface area contributed by atoms with Crippen LogP contribution in [-0.4, -0.2) is 26.8 Å². The van der Waals surface area contributed by atoms with Gasteiger partial charge in [0.1, 0.15) is 0 Å². The molecule has 4 nitrogen and oxygen atoms in total. The van der Waals surface area contributed by atoms with Gasteiger partial charge in [-0.3, -0.25) is 9.59 Å². The molecule has 4 rings (SSSR count). The summed E-state index contributed by atoms with van der Waals surface area (Å²) >= 11 is 0. The highest BCUT2D eigenvalue weighted by molar-refractivity contribution is 5.91. The lowest BCUT2D eigenvalue weighted by molar-refractivity contribution is 0.109. The maximum absolute atomic E-state index is 11.7. The molecule has 0 bridgehead atoms. The van der Waals surface area contributed by atoms with Crippen LogP contribution in [0.5, 0.6) is 11.5 Å². The number of aldehydes is 2. The number of methoxy groups -OCH3 is 2. The molecule has 0 fully saturated rings. The predicted molar refractivity (Wildman–Crippen MR) is 113 cm³/mol. The molecule has 0 heterocycles. The quantitative estimate of drug-likeness (QED) is 0.689. The van der Waals surface area contributed by atoms with Crippen molar-refractivity contribution in [2.75, 3.05) is 14.2 Å². The highest BCUT2D eigenvalue weighted by atomic mass is 16.5. The van der Waals surface area contributed by atoms with Crippen molar-refractivity contribution in [2.45, 2.75) is 56.8 Å². The largest absolute Gasteiger partial charge is 0.493 e. The minimum atomic E-state index is -0.226. The average Bonchev–Trinajstić information content (AvgIpc) is 3.04. The Morgan fingerprint density at radius 1 is 0.690 bits per heavy atom. The number of carbonyl (C=O) groups is 2. The molecule has 0 aromatic heterocycles. The van der Waals surface area contributed by atoms with Crippen molar-refractivity contribution in [3.8, 4) is 11.5 Å². The molecule has 1 unspecified atom stereocenters. The molecule has 2 aliphatic carbocycles. The molecule has 2 aromatic carbocycles. The Hall–Kier alpha value is -2.62. The van der Waals surface area contributed by atoms with Crippen LogP contribution in [0.25, 0.3) is 0 Å². The van der Waals surface area contributed by atoms with E-state index < -0.39 is 0 Å². The van der Waals surface area contributed by atoms with Gasteiger partial charge in [-0.05, 0) is 70.2 Å². The third-order valence-electron chi connectivity index (χ3n) is 6.98. The smallest absolute Gasteiger partial charge is 0.161 e. The third kappa shape index (κ3) is 2.58. The molecule has 0 amide bonds. The molecule has 0 saturated carbocycles. The minimum absolute atomic E-state index is 0.0583. The van der Waals surface area contributed by atoms with Gasteiger partial charge in [-0.2, -0.15) is 0 Å². The zero-order valence-electron chi connectivity index (χ0n) is 18.0. The van der Waals surface area contributed by atoms with Gasteiger partial charge in [-0.15, -0.1) is 0 Å². The highest BCUT2D eigenvalue weighted by Crippen LogP contribution is 2.64. The standard InChI is InChI=1S/C25H28O4/c1-23(2)13-25(19-8-16(12-27)15(11-26)7-17(19)23)14-24(3,4)18-9-21(28-5)22(29-6)10-20(18)25/h7-12H,13-14H2,1-6H3. The van der Waals surface area contributed by atoms with Gasteiger partial charge in [0, 0.05) is 16.5 Å². The van der Waals surface area contributed by atoms with Crippen LogP contribution in [0.4, 0.5) is 0 Å². The Labute approximate surface area is 172 Å². The first-order valence-corrected chi connectivity index (χ1v) is 10.00. The Morgan fingerprint density at radius 3 is 1.52 bits per heavy atom. The van der Waals surface area contributed by atoms with Crippen LogP contribution >= 0.6 is 0 Å². The fourth-order valence-corrected chi connectivity index (χ4v) is 5.92. The SMILES string of the molecule is COc1cc2c(cc1OC)C1(CC(C)(C)c3cc(C=O)c(C=O)cc31)CC2(C)C. The summed E-state index contributed by atoms with van der Waals surface area (Å²) in [6.45, 7) is 8.97. The van der Waals surface area contributed by atoms with E-state index in [0.29, 0.717) is 11.1 Å². The molecule has 0 aliphatic heterocycles. The van der Waals surface area contributed by atoms with E-state index in [-0.39, 0.29) is 16.2 Å². The topological polar surface area (TPSA) is 52.6 Å². The van der Waals surface area contributed by atoms with Crippen molar-refractivity contribution in [3.05, 3.63) is 57.6 Å². The normalized spacial score (nSPS) is 22.8. The van der Waals surface area contributed by atoms with E-state index in [2.05, 4.69) is 39.8 Å². The van der Waals surface area contributed by atoms with Gasteiger partial charge in [-0.25, -0.2) is 0 Å². The maximum atomic E-state index is 11.7. The van der Waals surface area contributed by atoms with E-state index in [4.69, 9.17) is 9.47 Å². The molecule has 0 N–H and O–H groups in total. The number of rotatable bonds is 4. The summed E-state index contributed by atoms with van der Waals surface area (Å²) in [5.74, 6) is 1.45. The first-order valence-electron chi connectivity index (χ1n) is 10.00. The van der Waals surface area contributed by atoms with Crippen LogP contribution in [0.3, 0.4) is 0 Å². The second kappa shape index (κ2) is 6.19. The molecule has 1 atom stereocenters. The van der Waals surface area contributed by atoms with Gasteiger partial charge in [0.25, 0.3) is 0 Å². The lowest BCUT2D eigenvalue weighted by atomic mass is 9.72. The van der Waals surface area contributed by atoms with E-state index >= 15 is 0 Å². The van der Waals surface area contributed by atoms with Crippen molar-refractivity contribution in [1.29, 1.82) is 0 Å². The Kier molecular flexibility index (Phi) is 4.20. The van der Waals surface area contributed by atoms with Crippen LogP contribution in [0.15, 0.2) is 24.3 Å². The number of carbonyl (C=O) groups excluding carboxylic acids is 2. The summed E-state index contributed by atoms with van der Waals surface area (Å²) in [6.07, 6.45) is 3.42. The van der Waals surface area contributed by atoms with Gasteiger partial charge >= 0.3 is 0 Å². The Morgan fingerprint density at radius 2 is 1.07 bits per heavy atom. The van der Waals surface area contributed by atoms with E-state index in [0.717, 1.165) is 48.0 Å². The average molecular weight is 392 g/mol. The lowest BCUT2D eigenvalue weighted by Gasteiger charge is -2.30. The van der Waals surface area contributed by atoms with Crippen LogP contribution < -0.4 is 9.47 Å². The summed E-state index contributed by atoms with van der Waals surface area (Å²) in [5, 5.41) is 0. The fourth-order valence-electron chi connectivity index (χ4n) is 5.92. The van der Waals surface area contributed by atoms with Gasteiger partial charge in [0.15, 0.2) is 24.1 Å². The van der Waals surface area contributed by atoms with Crippen molar-refractivity contribution < 1.29 is 19.1 Å². The molecule has 152 valence electrons. The lowest BCUT2D eigenvalue weighted by Crippen LogP contribution is -2.27. The van der Waals surface area contributed by atoms with E-state index in [9.17, 15) is 9.59 Å². The van der Waals surface area contributed by atoms with Gasteiger partial charge < -0.3 is 9.47 Å². The van der Waals surface area contributed by atoms with Crippen LogP contribution in [0, 0.1) is 0 Å². The molecule has 0 radical (unpaired) electrons.